The molecule has 0 atom stereocenters. The van der Waals surface area contributed by atoms with Gasteiger partial charge in [0.1, 0.15) is 11.5 Å². The molecule has 26 heavy (non-hydrogen) atoms. The Morgan fingerprint density at radius 3 is 2.46 bits per heavy atom. The van der Waals surface area contributed by atoms with Crippen molar-refractivity contribution in [3.63, 3.8) is 0 Å². The summed E-state index contributed by atoms with van der Waals surface area (Å²) in [5.74, 6) is 0.369. The molecular weight excluding hydrogens is 356 g/mol. The summed E-state index contributed by atoms with van der Waals surface area (Å²) in [6.07, 6.45) is 1.52. The van der Waals surface area contributed by atoms with Gasteiger partial charge in [0, 0.05) is 11.1 Å². The maximum Gasteiger partial charge on any atom is 0.266 e. The van der Waals surface area contributed by atoms with Crippen LogP contribution in [0.5, 0.6) is 5.75 Å². The van der Waals surface area contributed by atoms with Gasteiger partial charge in [-0.1, -0.05) is 18.2 Å². The van der Waals surface area contributed by atoms with Gasteiger partial charge in [0.25, 0.3) is 15.9 Å². The van der Waals surface area contributed by atoms with E-state index in [-0.39, 0.29) is 10.5 Å². The minimum absolute atomic E-state index is 0.0437. The molecule has 134 valence electrons. The average molecular weight is 372 g/mol. The summed E-state index contributed by atoms with van der Waals surface area (Å²) in [5.41, 5.74) is 3.04. The van der Waals surface area contributed by atoms with Crippen LogP contribution in [0.25, 0.3) is 11.3 Å². The van der Waals surface area contributed by atoms with Crippen LogP contribution in [-0.4, -0.2) is 21.4 Å². The quantitative estimate of drug-likeness (QED) is 0.648. The number of methoxy groups -OCH3 is 1. The lowest BCUT2D eigenvalue weighted by atomic mass is 10.1. The summed E-state index contributed by atoms with van der Waals surface area (Å²) in [6.45, 7) is 0. The second-order valence-corrected chi connectivity index (χ2v) is 6.98. The lowest BCUT2D eigenvalue weighted by Crippen LogP contribution is -2.41. The molecule has 0 aliphatic rings. The lowest BCUT2D eigenvalue weighted by molar-refractivity contribution is 0.0945. The number of hydrogen-bond donors (Lipinski definition) is 2. The lowest BCUT2D eigenvalue weighted by Gasteiger charge is -2.10. The van der Waals surface area contributed by atoms with Gasteiger partial charge in [0.15, 0.2) is 0 Å². The van der Waals surface area contributed by atoms with Crippen LogP contribution in [0.2, 0.25) is 0 Å². The number of rotatable bonds is 6. The zero-order valence-electron chi connectivity index (χ0n) is 13.8. The molecule has 2 N–H and O–H groups in total. The maximum atomic E-state index is 12.4. The van der Waals surface area contributed by atoms with Crippen molar-refractivity contribution in [3.8, 4) is 17.1 Å². The van der Waals surface area contributed by atoms with Crippen molar-refractivity contribution in [3.05, 3.63) is 72.5 Å². The van der Waals surface area contributed by atoms with Crippen molar-refractivity contribution < 1.29 is 22.4 Å². The SMILES string of the molecule is COc1cc(C(=O)NNS(=O)(=O)c2ccccc2)cc(-c2ccco2)c1. The third-order valence-electron chi connectivity index (χ3n) is 3.56. The van der Waals surface area contributed by atoms with Gasteiger partial charge >= 0.3 is 0 Å². The van der Waals surface area contributed by atoms with E-state index in [1.54, 1.807) is 42.5 Å². The van der Waals surface area contributed by atoms with E-state index in [9.17, 15) is 13.2 Å². The number of benzene rings is 2. The Morgan fingerprint density at radius 2 is 1.81 bits per heavy atom. The molecule has 8 heteroatoms. The largest absolute Gasteiger partial charge is 0.497 e. The van der Waals surface area contributed by atoms with Crippen molar-refractivity contribution in [1.29, 1.82) is 0 Å². The molecule has 0 radical (unpaired) electrons. The fourth-order valence-corrected chi connectivity index (χ4v) is 3.14. The molecule has 0 aliphatic heterocycles. The van der Waals surface area contributed by atoms with E-state index < -0.39 is 15.9 Å². The number of hydrogen-bond acceptors (Lipinski definition) is 5. The normalized spacial score (nSPS) is 11.1. The summed E-state index contributed by atoms with van der Waals surface area (Å²) in [6, 6.07) is 16.0. The highest BCUT2D eigenvalue weighted by molar-refractivity contribution is 7.89. The Balaban J connectivity index is 1.81. The van der Waals surface area contributed by atoms with Crippen molar-refractivity contribution in [1.82, 2.24) is 10.3 Å². The van der Waals surface area contributed by atoms with E-state index in [4.69, 9.17) is 9.15 Å². The number of hydrazine groups is 1. The highest BCUT2D eigenvalue weighted by atomic mass is 32.2. The number of ether oxygens (including phenoxy) is 1. The second kappa shape index (κ2) is 7.42. The van der Waals surface area contributed by atoms with Crippen molar-refractivity contribution >= 4 is 15.9 Å². The van der Waals surface area contributed by atoms with Gasteiger partial charge in [-0.2, -0.15) is 0 Å². The van der Waals surface area contributed by atoms with Crippen molar-refractivity contribution in [2.24, 2.45) is 0 Å². The van der Waals surface area contributed by atoms with E-state index in [1.165, 1.54) is 31.6 Å². The standard InChI is InChI=1S/C18H16N2O5S/c1-24-15-11-13(17-8-5-9-25-17)10-14(12-15)18(21)19-20-26(22,23)16-6-3-2-4-7-16/h2-12,20H,1H3,(H,19,21). The molecule has 0 unspecified atom stereocenters. The van der Waals surface area contributed by atoms with Gasteiger partial charge in [-0.05, 0) is 42.5 Å². The van der Waals surface area contributed by atoms with E-state index in [2.05, 4.69) is 10.3 Å². The van der Waals surface area contributed by atoms with Gasteiger partial charge in [0.05, 0.1) is 18.3 Å². The van der Waals surface area contributed by atoms with Gasteiger partial charge < -0.3 is 9.15 Å². The van der Waals surface area contributed by atoms with E-state index >= 15 is 0 Å². The second-order valence-electron chi connectivity index (χ2n) is 5.30. The van der Waals surface area contributed by atoms with Crippen LogP contribution >= 0.6 is 0 Å². The van der Waals surface area contributed by atoms with E-state index in [1.807, 2.05) is 0 Å². The molecule has 0 bridgehead atoms. The minimum Gasteiger partial charge on any atom is -0.497 e. The summed E-state index contributed by atoms with van der Waals surface area (Å²) >= 11 is 0. The average Bonchev–Trinajstić information content (AvgIpc) is 3.21. The molecule has 3 aromatic rings. The third-order valence-corrected chi connectivity index (χ3v) is 4.83. The number of carbonyl (C=O) groups is 1. The Bertz CT molecular complexity index is 999. The van der Waals surface area contributed by atoms with Gasteiger partial charge in [-0.3, -0.25) is 10.2 Å². The molecule has 0 spiro atoms. The molecule has 1 heterocycles. The zero-order chi connectivity index (χ0) is 18.6. The van der Waals surface area contributed by atoms with E-state index in [0.717, 1.165) is 0 Å². The van der Waals surface area contributed by atoms with Gasteiger partial charge in [0.2, 0.25) is 0 Å². The Kier molecular flexibility index (Phi) is 5.06. The highest BCUT2D eigenvalue weighted by Gasteiger charge is 2.16. The molecule has 2 aromatic carbocycles. The van der Waals surface area contributed by atoms with Gasteiger partial charge in [-0.15, -0.1) is 4.83 Å². The van der Waals surface area contributed by atoms with Crippen LogP contribution in [0.3, 0.4) is 0 Å². The number of amides is 1. The van der Waals surface area contributed by atoms with E-state index in [0.29, 0.717) is 17.1 Å². The molecule has 1 aromatic heterocycles. The monoisotopic (exact) mass is 372 g/mol. The Hall–Kier alpha value is -3.10. The summed E-state index contributed by atoms with van der Waals surface area (Å²) in [5, 5.41) is 0. The summed E-state index contributed by atoms with van der Waals surface area (Å²) < 4.78 is 34.9. The van der Waals surface area contributed by atoms with Crippen LogP contribution < -0.4 is 15.0 Å². The van der Waals surface area contributed by atoms with Gasteiger partial charge in [-0.25, -0.2) is 8.42 Å². The minimum atomic E-state index is -3.86. The van der Waals surface area contributed by atoms with Crippen LogP contribution in [-0.2, 0) is 10.0 Å². The first kappa shape index (κ1) is 17.7. The van der Waals surface area contributed by atoms with Crippen LogP contribution in [0.1, 0.15) is 10.4 Å². The predicted octanol–water partition coefficient (Wildman–Crippen LogP) is 2.58. The number of carbonyl (C=O) groups excluding carboxylic acids is 1. The number of nitrogens with one attached hydrogen (secondary N) is 2. The number of sulfonamides is 1. The van der Waals surface area contributed by atoms with Crippen LogP contribution in [0.15, 0.2) is 76.2 Å². The van der Waals surface area contributed by atoms with Crippen molar-refractivity contribution in [2.45, 2.75) is 4.90 Å². The topological polar surface area (TPSA) is 97.6 Å². The molecule has 1 amide bonds. The fourth-order valence-electron chi connectivity index (χ4n) is 2.28. The molecule has 0 saturated heterocycles. The van der Waals surface area contributed by atoms with Crippen LogP contribution in [0.4, 0.5) is 0 Å². The Morgan fingerprint density at radius 1 is 1.04 bits per heavy atom. The first-order valence-electron chi connectivity index (χ1n) is 7.60. The van der Waals surface area contributed by atoms with Crippen LogP contribution in [0, 0.1) is 0 Å². The van der Waals surface area contributed by atoms with Crippen molar-refractivity contribution in [2.75, 3.05) is 7.11 Å². The smallest absolute Gasteiger partial charge is 0.266 e. The Labute approximate surface area is 150 Å². The molecular formula is C18H16N2O5S. The maximum absolute atomic E-state index is 12.4. The molecule has 0 fully saturated rings. The zero-order valence-corrected chi connectivity index (χ0v) is 14.6. The predicted molar refractivity (Wildman–Crippen MR) is 94.9 cm³/mol. The fraction of sp³-hybridized carbons (Fsp3) is 0.0556. The number of furan rings is 1. The first-order chi connectivity index (χ1) is 12.5. The molecule has 3 rings (SSSR count). The third kappa shape index (κ3) is 3.93. The molecule has 7 nitrogen and oxygen atoms in total. The first-order valence-corrected chi connectivity index (χ1v) is 9.08. The molecule has 0 saturated carbocycles. The summed E-state index contributed by atoms with van der Waals surface area (Å²) in [4.78, 5) is 14.5. The molecule has 0 aliphatic carbocycles. The highest BCUT2D eigenvalue weighted by Crippen LogP contribution is 2.26. The summed E-state index contributed by atoms with van der Waals surface area (Å²) in [7, 11) is -2.39.